The maximum Gasteiger partial charge on any atom is 0.269 e. The molecule has 0 radical (unpaired) electrons. The second-order valence-electron chi connectivity index (χ2n) is 6.93. The number of anilines is 2. The van der Waals surface area contributed by atoms with Gasteiger partial charge in [-0.05, 0) is 35.1 Å². The van der Waals surface area contributed by atoms with Crippen molar-refractivity contribution < 1.29 is 9.53 Å². The Bertz CT molecular complexity index is 698. The second kappa shape index (κ2) is 9.34. The molecule has 140 valence electrons. The molecule has 0 saturated heterocycles. The Labute approximate surface area is 156 Å². The quantitative estimate of drug-likeness (QED) is 0.687. The zero-order valence-corrected chi connectivity index (χ0v) is 16.3. The van der Waals surface area contributed by atoms with Gasteiger partial charge in [0.1, 0.15) is 5.69 Å². The summed E-state index contributed by atoms with van der Waals surface area (Å²) >= 11 is 0. The molecule has 0 atom stereocenters. The van der Waals surface area contributed by atoms with E-state index in [0.29, 0.717) is 30.7 Å². The Kier molecular flexibility index (Phi) is 7.16. The molecule has 2 N–H and O–H groups in total. The van der Waals surface area contributed by atoms with Crippen LogP contribution in [0, 0.1) is 0 Å². The molecule has 1 aromatic heterocycles. The molecule has 1 heterocycles. The topological polar surface area (TPSA) is 63.2 Å². The standard InChI is InChI=1S/C21H29N3O2/c1-14(2)17-7-6-8-18(15(3)4)20(17)24-16-9-10-19(23-13-16)21(25)22-11-12-26-5/h6-10,13-15,24H,11-12H2,1-5H3,(H,22,25). The number of ether oxygens (including phenoxy) is 1. The number of pyridine rings is 1. The van der Waals surface area contributed by atoms with Gasteiger partial charge in [0.2, 0.25) is 0 Å². The van der Waals surface area contributed by atoms with Crippen LogP contribution in [0.25, 0.3) is 0 Å². The third kappa shape index (κ3) is 5.05. The van der Waals surface area contributed by atoms with Gasteiger partial charge in [-0.15, -0.1) is 0 Å². The summed E-state index contributed by atoms with van der Waals surface area (Å²) in [6, 6.07) is 10.0. The summed E-state index contributed by atoms with van der Waals surface area (Å²) in [4.78, 5) is 16.3. The van der Waals surface area contributed by atoms with E-state index in [0.717, 1.165) is 11.4 Å². The first-order valence-corrected chi connectivity index (χ1v) is 9.07. The van der Waals surface area contributed by atoms with Gasteiger partial charge in [0.15, 0.2) is 0 Å². The Balaban J connectivity index is 2.20. The fourth-order valence-electron chi connectivity index (χ4n) is 2.80. The van der Waals surface area contributed by atoms with Gasteiger partial charge in [0, 0.05) is 19.3 Å². The fourth-order valence-corrected chi connectivity index (χ4v) is 2.80. The molecule has 0 unspecified atom stereocenters. The Hall–Kier alpha value is -2.40. The van der Waals surface area contributed by atoms with Crippen molar-refractivity contribution in [2.45, 2.75) is 39.5 Å². The summed E-state index contributed by atoms with van der Waals surface area (Å²) in [5.41, 5.74) is 4.95. The number of methoxy groups -OCH3 is 1. The number of benzene rings is 1. The highest BCUT2D eigenvalue weighted by atomic mass is 16.5. The molecule has 5 nitrogen and oxygen atoms in total. The minimum atomic E-state index is -0.195. The molecule has 0 spiro atoms. The molecular formula is C21H29N3O2. The smallest absolute Gasteiger partial charge is 0.269 e. The van der Waals surface area contributed by atoms with Crippen LogP contribution < -0.4 is 10.6 Å². The minimum Gasteiger partial charge on any atom is -0.383 e. The summed E-state index contributed by atoms with van der Waals surface area (Å²) in [7, 11) is 1.60. The highest BCUT2D eigenvalue weighted by Crippen LogP contribution is 2.34. The van der Waals surface area contributed by atoms with Crippen LogP contribution in [0.2, 0.25) is 0 Å². The lowest BCUT2D eigenvalue weighted by Gasteiger charge is -2.21. The molecule has 0 bridgehead atoms. The van der Waals surface area contributed by atoms with E-state index in [1.807, 2.05) is 6.07 Å². The van der Waals surface area contributed by atoms with Crippen molar-refractivity contribution in [2.75, 3.05) is 25.6 Å². The maximum atomic E-state index is 12.0. The fraction of sp³-hybridized carbons (Fsp3) is 0.429. The van der Waals surface area contributed by atoms with Crippen molar-refractivity contribution in [3.05, 3.63) is 53.3 Å². The zero-order chi connectivity index (χ0) is 19.1. The predicted octanol–water partition coefficient (Wildman–Crippen LogP) is 4.45. The SMILES string of the molecule is COCCNC(=O)c1ccc(Nc2c(C(C)C)cccc2C(C)C)cn1. The first kappa shape index (κ1) is 19.9. The summed E-state index contributed by atoms with van der Waals surface area (Å²) in [5.74, 6) is 0.629. The molecule has 0 aliphatic carbocycles. The number of aromatic nitrogens is 1. The highest BCUT2D eigenvalue weighted by Gasteiger charge is 2.14. The third-order valence-electron chi connectivity index (χ3n) is 4.23. The number of carbonyl (C=O) groups is 1. The average Bonchev–Trinajstić information content (AvgIpc) is 2.62. The van der Waals surface area contributed by atoms with Gasteiger partial charge < -0.3 is 15.4 Å². The van der Waals surface area contributed by atoms with E-state index in [4.69, 9.17) is 4.74 Å². The van der Waals surface area contributed by atoms with E-state index in [1.54, 1.807) is 19.4 Å². The Morgan fingerprint density at radius 2 is 1.73 bits per heavy atom. The second-order valence-corrected chi connectivity index (χ2v) is 6.93. The summed E-state index contributed by atoms with van der Waals surface area (Å²) < 4.78 is 4.93. The number of hydrogen-bond donors (Lipinski definition) is 2. The molecule has 2 rings (SSSR count). The molecule has 2 aromatic rings. The van der Waals surface area contributed by atoms with Crippen LogP contribution in [0.4, 0.5) is 11.4 Å². The van der Waals surface area contributed by atoms with Crippen molar-refractivity contribution in [3.63, 3.8) is 0 Å². The van der Waals surface area contributed by atoms with Gasteiger partial charge in [0.25, 0.3) is 5.91 Å². The first-order valence-electron chi connectivity index (χ1n) is 9.07. The van der Waals surface area contributed by atoms with Crippen LogP contribution in [0.5, 0.6) is 0 Å². The number of nitrogens with one attached hydrogen (secondary N) is 2. The number of nitrogens with zero attached hydrogens (tertiary/aromatic N) is 1. The van der Waals surface area contributed by atoms with Crippen LogP contribution in [-0.2, 0) is 4.74 Å². The number of rotatable bonds is 8. The van der Waals surface area contributed by atoms with Gasteiger partial charge in [-0.25, -0.2) is 4.98 Å². The average molecular weight is 355 g/mol. The summed E-state index contributed by atoms with van der Waals surface area (Å²) in [5, 5.41) is 6.28. The lowest BCUT2D eigenvalue weighted by molar-refractivity contribution is 0.0932. The van der Waals surface area contributed by atoms with Gasteiger partial charge in [-0.3, -0.25) is 4.79 Å². The van der Waals surface area contributed by atoms with E-state index in [2.05, 4.69) is 61.5 Å². The molecule has 0 aliphatic heterocycles. The Morgan fingerprint density at radius 3 is 2.23 bits per heavy atom. The van der Waals surface area contributed by atoms with Crippen LogP contribution >= 0.6 is 0 Å². The number of carbonyl (C=O) groups excluding carboxylic acids is 1. The summed E-state index contributed by atoms with van der Waals surface area (Å²) in [6.07, 6.45) is 1.70. The lowest BCUT2D eigenvalue weighted by Crippen LogP contribution is -2.27. The molecule has 5 heteroatoms. The van der Waals surface area contributed by atoms with Crippen molar-refractivity contribution in [2.24, 2.45) is 0 Å². The van der Waals surface area contributed by atoms with Crippen LogP contribution in [0.3, 0.4) is 0 Å². The van der Waals surface area contributed by atoms with Crippen LogP contribution in [-0.4, -0.2) is 31.2 Å². The minimum absolute atomic E-state index is 0.195. The largest absolute Gasteiger partial charge is 0.383 e. The van der Waals surface area contributed by atoms with Crippen LogP contribution in [0.15, 0.2) is 36.5 Å². The Morgan fingerprint density at radius 1 is 1.08 bits per heavy atom. The molecule has 0 saturated carbocycles. The van der Waals surface area contributed by atoms with E-state index in [1.165, 1.54) is 11.1 Å². The third-order valence-corrected chi connectivity index (χ3v) is 4.23. The molecule has 0 fully saturated rings. The van der Waals surface area contributed by atoms with Crippen molar-refractivity contribution in [3.8, 4) is 0 Å². The molecule has 1 aromatic carbocycles. The predicted molar refractivity (Wildman–Crippen MR) is 106 cm³/mol. The van der Waals surface area contributed by atoms with E-state index < -0.39 is 0 Å². The zero-order valence-electron chi connectivity index (χ0n) is 16.3. The van der Waals surface area contributed by atoms with Crippen molar-refractivity contribution >= 4 is 17.3 Å². The highest BCUT2D eigenvalue weighted by molar-refractivity contribution is 5.92. The molecule has 1 amide bonds. The number of para-hydroxylation sites is 1. The van der Waals surface area contributed by atoms with E-state index >= 15 is 0 Å². The molecular weight excluding hydrogens is 326 g/mol. The summed E-state index contributed by atoms with van der Waals surface area (Å²) in [6.45, 7) is 9.71. The number of hydrogen-bond acceptors (Lipinski definition) is 4. The van der Waals surface area contributed by atoms with Gasteiger partial charge >= 0.3 is 0 Å². The number of amides is 1. The van der Waals surface area contributed by atoms with Crippen molar-refractivity contribution in [1.29, 1.82) is 0 Å². The lowest BCUT2D eigenvalue weighted by atomic mass is 9.92. The molecule has 26 heavy (non-hydrogen) atoms. The van der Waals surface area contributed by atoms with Crippen molar-refractivity contribution in [1.82, 2.24) is 10.3 Å². The first-order chi connectivity index (χ1) is 12.4. The molecule has 0 aliphatic rings. The normalized spacial score (nSPS) is 11.0. The van der Waals surface area contributed by atoms with Crippen LogP contribution in [0.1, 0.15) is 61.1 Å². The maximum absolute atomic E-state index is 12.0. The van der Waals surface area contributed by atoms with Gasteiger partial charge in [0.05, 0.1) is 18.5 Å². The van der Waals surface area contributed by atoms with E-state index in [-0.39, 0.29) is 5.91 Å². The van der Waals surface area contributed by atoms with Gasteiger partial charge in [-0.2, -0.15) is 0 Å². The van der Waals surface area contributed by atoms with E-state index in [9.17, 15) is 4.79 Å². The monoisotopic (exact) mass is 355 g/mol. The van der Waals surface area contributed by atoms with Gasteiger partial charge in [-0.1, -0.05) is 45.9 Å².